The second kappa shape index (κ2) is 9.75. The number of benzene rings is 2. The lowest BCUT2D eigenvalue weighted by molar-refractivity contribution is -0.126. The topological polar surface area (TPSA) is 66.5 Å². The Hall–Kier alpha value is -2.18. The molecule has 1 N–H and O–H groups in total. The molecule has 1 unspecified atom stereocenters. The van der Waals surface area contributed by atoms with Gasteiger partial charge in [-0.1, -0.05) is 61.0 Å². The fourth-order valence-corrected chi connectivity index (χ4v) is 5.63. The van der Waals surface area contributed by atoms with E-state index >= 15 is 0 Å². The number of aryl methyl sites for hydroxylation is 2. The third-order valence-corrected chi connectivity index (χ3v) is 7.85. The molecular weight excluding hydrogens is 396 g/mol. The molecule has 0 saturated carbocycles. The van der Waals surface area contributed by atoms with E-state index in [4.69, 9.17) is 0 Å². The van der Waals surface area contributed by atoms with Gasteiger partial charge in [0.2, 0.25) is 15.9 Å². The summed E-state index contributed by atoms with van der Waals surface area (Å²) in [4.78, 5) is 12.8. The molecule has 2 aromatic rings. The van der Waals surface area contributed by atoms with Crippen molar-refractivity contribution in [1.82, 2.24) is 9.62 Å². The second-order valence-electron chi connectivity index (χ2n) is 8.24. The van der Waals surface area contributed by atoms with Gasteiger partial charge >= 0.3 is 0 Å². The summed E-state index contributed by atoms with van der Waals surface area (Å²) in [6.07, 6.45) is 1.94. The summed E-state index contributed by atoms with van der Waals surface area (Å²) in [7, 11) is -3.38. The van der Waals surface area contributed by atoms with Gasteiger partial charge in [-0.15, -0.1) is 0 Å². The van der Waals surface area contributed by atoms with Crippen molar-refractivity contribution in [3.8, 4) is 0 Å². The summed E-state index contributed by atoms with van der Waals surface area (Å²) in [5.41, 5.74) is 4.12. The minimum atomic E-state index is -3.38. The summed E-state index contributed by atoms with van der Waals surface area (Å²) in [5, 5.41) is 3.17. The zero-order chi connectivity index (χ0) is 21.7. The highest BCUT2D eigenvalue weighted by Crippen LogP contribution is 2.24. The van der Waals surface area contributed by atoms with Crippen LogP contribution in [0.25, 0.3) is 0 Å². The molecule has 0 aromatic heterocycles. The van der Waals surface area contributed by atoms with Crippen molar-refractivity contribution < 1.29 is 13.2 Å². The molecule has 1 saturated heterocycles. The van der Waals surface area contributed by atoms with Crippen molar-refractivity contribution in [2.45, 2.75) is 51.8 Å². The Bertz CT molecular complexity index is 962. The molecule has 1 atom stereocenters. The molecule has 1 aliphatic rings. The first kappa shape index (κ1) is 22.5. The zero-order valence-electron chi connectivity index (χ0n) is 18.1. The zero-order valence-corrected chi connectivity index (χ0v) is 18.9. The SMILES string of the molecule is CCC(NC(=O)C1CCN(S(=O)(=O)Cc2ccccc2C)CC1)c1ccc(C)cc1. The third kappa shape index (κ3) is 5.49. The van der Waals surface area contributed by atoms with Gasteiger partial charge in [0.25, 0.3) is 0 Å². The van der Waals surface area contributed by atoms with Crippen LogP contribution in [0.4, 0.5) is 0 Å². The molecule has 0 bridgehead atoms. The van der Waals surface area contributed by atoms with Crippen LogP contribution in [0.2, 0.25) is 0 Å². The van der Waals surface area contributed by atoms with Crippen molar-refractivity contribution in [2.75, 3.05) is 13.1 Å². The maximum absolute atomic E-state index is 12.8. The van der Waals surface area contributed by atoms with Gasteiger partial charge in [-0.25, -0.2) is 12.7 Å². The van der Waals surface area contributed by atoms with E-state index in [2.05, 4.69) is 36.5 Å². The molecule has 1 fully saturated rings. The molecule has 30 heavy (non-hydrogen) atoms. The van der Waals surface area contributed by atoms with Crippen molar-refractivity contribution in [1.29, 1.82) is 0 Å². The standard InChI is InChI=1S/C24H32N2O3S/c1-4-23(20-11-9-18(2)10-12-20)25-24(27)21-13-15-26(16-14-21)30(28,29)17-22-8-6-5-7-19(22)3/h5-12,21,23H,4,13-17H2,1-3H3,(H,25,27). The predicted octanol–water partition coefficient (Wildman–Crippen LogP) is 4.11. The molecule has 162 valence electrons. The number of hydrogen-bond acceptors (Lipinski definition) is 3. The Morgan fingerprint density at radius 1 is 1.07 bits per heavy atom. The lowest BCUT2D eigenvalue weighted by Crippen LogP contribution is -2.44. The average molecular weight is 429 g/mol. The minimum absolute atomic E-state index is 0.0130. The number of rotatable bonds is 7. The van der Waals surface area contributed by atoms with Crippen molar-refractivity contribution in [3.05, 3.63) is 70.8 Å². The molecule has 1 aliphatic heterocycles. The second-order valence-corrected chi connectivity index (χ2v) is 10.2. The summed E-state index contributed by atoms with van der Waals surface area (Å²) < 4.78 is 27.2. The van der Waals surface area contributed by atoms with Crippen molar-refractivity contribution in [2.24, 2.45) is 5.92 Å². The molecule has 1 heterocycles. The Morgan fingerprint density at radius 3 is 2.30 bits per heavy atom. The first-order valence-electron chi connectivity index (χ1n) is 10.7. The van der Waals surface area contributed by atoms with Crippen LogP contribution < -0.4 is 5.32 Å². The van der Waals surface area contributed by atoms with Gasteiger partial charge in [0.05, 0.1) is 11.8 Å². The van der Waals surface area contributed by atoms with Crippen LogP contribution >= 0.6 is 0 Å². The van der Waals surface area contributed by atoms with E-state index in [0.717, 1.165) is 23.1 Å². The number of sulfonamides is 1. The molecule has 6 heteroatoms. The van der Waals surface area contributed by atoms with E-state index in [0.29, 0.717) is 25.9 Å². The number of amides is 1. The van der Waals surface area contributed by atoms with Crippen LogP contribution in [0.1, 0.15) is 54.5 Å². The molecule has 0 aliphatic carbocycles. The van der Waals surface area contributed by atoms with Crippen molar-refractivity contribution >= 4 is 15.9 Å². The Kier molecular flexibility index (Phi) is 7.32. The maximum atomic E-state index is 12.8. The molecule has 0 radical (unpaired) electrons. The van der Waals surface area contributed by atoms with Gasteiger partial charge in [0.15, 0.2) is 0 Å². The normalized spacial score (nSPS) is 16.9. The van der Waals surface area contributed by atoms with E-state index in [1.807, 2.05) is 38.1 Å². The molecular formula is C24H32N2O3S. The summed E-state index contributed by atoms with van der Waals surface area (Å²) in [6, 6.07) is 15.8. The van der Waals surface area contributed by atoms with E-state index in [1.54, 1.807) is 4.31 Å². The van der Waals surface area contributed by atoms with E-state index in [-0.39, 0.29) is 23.6 Å². The summed E-state index contributed by atoms with van der Waals surface area (Å²) in [5.74, 6) is -0.102. The predicted molar refractivity (Wildman–Crippen MR) is 120 cm³/mol. The van der Waals surface area contributed by atoms with E-state index in [1.165, 1.54) is 5.56 Å². The highest BCUT2D eigenvalue weighted by Gasteiger charge is 2.32. The fraction of sp³-hybridized carbons (Fsp3) is 0.458. The largest absolute Gasteiger partial charge is 0.349 e. The summed E-state index contributed by atoms with van der Waals surface area (Å²) in [6.45, 7) is 6.83. The van der Waals surface area contributed by atoms with Gasteiger partial charge < -0.3 is 5.32 Å². The highest BCUT2D eigenvalue weighted by molar-refractivity contribution is 7.88. The van der Waals surface area contributed by atoms with Crippen LogP contribution in [0, 0.1) is 19.8 Å². The first-order valence-corrected chi connectivity index (χ1v) is 12.3. The quantitative estimate of drug-likeness (QED) is 0.722. The third-order valence-electron chi connectivity index (χ3n) is 6.02. The Morgan fingerprint density at radius 2 is 1.70 bits per heavy atom. The smallest absolute Gasteiger partial charge is 0.223 e. The number of hydrogen-bond donors (Lipinski definition) is 1. The maximum Gasteiger partial charge on any atom is 0.223 e. The number of carbonyl (C=O) groups is 1. The summed E-state index contributed by atoms with van der Waals surface area (Å²) >= 11 is 0. The molecule has 1 amide bonds. The van der Waals surface area contributed by atoms with Gasteiger partial charge in [-0.3, -0.25) is 4.79 Å². The Balaban J connectivity index is 1.57. The number of nitrogens with one attached hydrogen (secondary N) is 1. The number of piperidine rings is 1. The molecule has 5 nitrogen and oxygen atoms in total. The van der Waals surface area contributed by atoms with Crippen LogP contribution in [0.5, 0.6) is 0 Å². The number of nitrogens with zero attached hydrogens (tertiary/aromatic N) is 1. The van der Waals surface area contributed by atoms with Crippen LogP contribution in [-0.4, -0.2) is 31.7 Å². The average Bonchev–Trinajstić information content (AvgIpc) is 2.74. The minimum Gasteiger partial charge on any atom is -0.349 e. The molecule has 2 aromatic carbocycles. The molecule has 3 rings (SSSR count). The van der Waals surface area contributed by atoms with Gasteiger partial charge in [0, 0.05) is 19.0 Å². The van der Waals surface area contributed by atoms with Crippen LogP contribution in [0.15, 0.2) is 48.5 Å². The Labute approximate surface area is 180 Å². The van der Waals surface area contributed by atoms with Gasteiger partial charge in [-0.05, 0) is 49.8 Å². The highest BCUT2D eigenvalue weighted by atomic mass is 32.2. The van der Waals surface area contributed by atoms with Crippen LogP contribution in [-0.2, 0) is 20.6 Å². The van der Waals surface area contributed by atoms with Gasteiger partial charge in [-0.2, -0.15) is 0 Å². The van der Waals surface area contributed by atoms with E-state index < -0.39 is 10.0 Å². The molecule has 0 spiro atoms. The van der Waals surface area contributed by atoms with E-state index in [9.17, 15) is 13.2 Å². The monoisotopic (exact) mass is 428 g/mol. The fourth-order valence-electron chi connectivity index (χ4n) is 3.97. The van der Waals surface area contributed by atoms with Crippen LogP contribution in [0.3, 0.4) is 0 Å². The lowest BCUT2D eigenvalue weighted by atomic mass is 9.95. The van der Waals surface area contributed by atoms with Crippen molar-refractivity contribution in [3.63, 3.8) is 0 Å². The van der Waals surface area contributed by atoms with Gasteiger partial charge in [0.1, 0.15) is 0 Å². The number of carbonyl (C=O) groups excluding carboxylic acids is 1. The first-order chi connectivity index (χ1) is 14.3. The lowest BCUT2D eigenvalue weighted by Gasteiger charge is -2.31.